The van der Waals surface area contributed by atoms with Crippen LogP contribution < -0.4 is 19.3 Å². The van der Waals surface area contributed by atoms with E-state index in [2.05, 4.69) is 21.0 Å². The SMILES string of the molecule is COc1cc2c(c(-c3c(O)c(OC)cc4c3[C@H](C)[NH+](C)CC4)c1O)C[NH+](C)CC2. The molecule has 0 radical (unpaired) electrons. The van der Waals surface area contributed by atoms with Gasteiger partial charge in [-0.05, 0) is 30.2 Å². The van der Waals surface area contributed by atoms with E-state index in [0.29, 0.717) is 22.6 Å². The Balaban J connectivity index is 2.10. The maximum absolute atomic E-state index is 11.3. The molecule has 156 valence electrons. The fourth-order valence-electron chi connectivity index (χ4n) is 4.95. The minimum absolute atomic E-state index is 0.0989. The molecule has 3 atom stereocenters. The molecule has 2 aromatic carbocycles. The second-order valence-electron chi connectivity index (χ2n) is 8.52. The molecule has 2 aliphatic heterocycles. The molecule has 0 saturated heterocycles. The molecule has 4 N–H and O–H groups in total. The summed E-state index contributed by atoms with van der Waals surface area (Å²) in [6.07, 6.45) is 1.83. The van der Waals surface area contributed by atoms with Crippen LogP contribution in [-0.4, -0.2) is 51.6 Å². The molecule has 0 amide bonds. The van der Waals surface area contributed by atoms with Gasteiger partial charge in [0.15, 0.2) is 23.0 Å². The first-order chi connectivity index (χ1) is 13.9. The van der Waals surface area contributed by atoms with Gasteiger partial charge in [-0.1, -0.05) is 0 Å². The number of phenolic OH excluding ortho intramolecular Hbond substituents is 2. The molecule has 0 bridgehead atoms. The Kier molecular flexibility index (Phi) is 5.09. The second kappa shape index (κ2) is 7.43. The number of methoxy groups -OCH3 is 2. The highest BCUT2D eigenvalue weighted by molar-refractivity contribution is 5.87. The van der Waals surface area contributed by atoms with Crippen molar-refractivity contribution in [2.24, 2.45) is 0 Å². The number of fused-ring (bicyclic) bond motifs is 2. The van der Waals surface area contributed by atoms with Crippen LogP contribution in [0.3, 0.4) is 0 Å². The number of likely N-dealkylation sites (N-methyl/N-ethyl adjacent to an activating group) is 2. The Morgan fingerprint density at radius 1 is 0.897 bits per heavy atom. The van der Waals surface area contributed by atoms with Crippen molar-refractivity contribution in [2.45, 2.75) is 32.4 Å². The lowest BCUT2D eigenvalue weighted by Gasteiger charge is -2.33. The van der Waals surface area contributed by atoms with Gasteiger partial charge in [0.25, 0.3) is 0 Å². The number of rotatable bonds is 3. The molecular formula is C23H32N2O4+2. The highest BCUT2D eigenvalue weighted by atomic mass is 16.5. The first kappa shape index (κ1) is 19.9. The summed E-state index contributed by atoms with van der Waals surface area (Å²) in [5.41, 5.74) is 5.95. The number of quaternary nitrogens is 2. The van der Waals surface area contributed by atoms with Gasteiger partial charge in [0.05, 0.1) is 41.4 Å². The third kappa shape index (κ3) is 3.11. The minimum Gasteiger partial charge on any atom is -0.504 e. The van der Waals surface area contributed by atoms with Crippen molar-refractivity contribution in [3.8, 4) is 34.1 Å². The van der Waals surface area contributed by atoms with Crippen molar-refractivity contribution in [1.82, 2.24) is 0 Å². The molecular weight excluding hydrogens is 368 g/mol. The van der Waals surface area contributed by atoms with E-state index < -0.39 is 0 Å². The fourth-order valence-corrected chi connectivity index (χ4v) is 4.95. The average Bonchev–Trinajstić information content (AvgIpc) is 2.71. The molecule has 0 aliphatic carbocycles. The van der Waals surface area contributed by atoms with Crippen molar-refractivity contribution < 1.29 is 29.5 Å². The van der Waals surface area contributed by atoms with Crippen molar-refractivity contribution >= 4 is 0 Å². The summed E-state index contributed by atoms with van der Waals surface area (Å²) in [7, 11) is 7.49. The normalized spacial score (nSPS) is 23.3. The molecule has 0 fully saturated rings. The number of hydrogen-bond acceptors (Lipinski definition) is 4. The fraction of sp³-hybridized carbons (Fsp3) is 0.478. The van der Waals surface area contributed by atoms with Gasteiger partial charge in [-0.15, -0.1) is 0 Å². The standard InChI is InChI=1S/C23H30N2O4/c1-13-19-15(7-9-25(13)3)11-18(29-5)23(27)21(19)20-16-12-24(2)8-6-14(16)10-17(28-4)22(20)26/h10-11,13,26-27H,6-9,12H2,1-5H3/p+2/t13-/m0/s1. The highest BCUT2D eigenvalue weighted by Gasteiger charge is 2.35. The number of aromatic hydroxyl groups is 2. The van der Waals surface area contributed by atoms with E-state index in [4.69, 9.17) is 9.47 Å². The summed E-state index contributed by atoms with van der Waals surface area (Å²) >= 11 is 0. The Labute approximate surface area is 172 Å². The molecule has 2 aliphatic rings. The molecule has 2 aromatic rings. The smallest absolute Gasteiger partial charge is 0.166 e. The van der Waals surface area contributed by atoms with Crippen LogP contribution in [0.2, 0.25) is 0 Å². The lowest BCUT2D eigenvalue weighted by molar-refractivity contribution is -0.912. The number of nitrogens with one attached hydrogen (secondary N) is 2. The first-order valence-electron chi connectivity index (χ1n) is 10.4. The summed E-state index contributed by atoms with van der Waals surface area (Å²) in [6, 6.07) is 4.10. The molecule has 2 heterocycles. The number of ether oxygens (including phenoxy) is 2. The van der Waals surface area contributed by atoms with Gasteiger partial charge in [0.1, 0.15) is 12.6 Å². The number of hydrogen-bond donors (Lipinski definition) is 4. The Morgan fingerprint density at radius 3 is 2.14 bits per heavy atom. The Morgan fingerprint density at radius 2 is 1.48 bits per heavy atom. The second-order valence-corrected chi connectivity index (χ2v) is 8.52. The number of phenols is 2. The van der Waals surface area contributed by atoms with Gasteiger partial charge in [0, 0.05) is 35.1 Å². The summed E-state index contributed by atoms with van der Waals surface area (Å²) in [5.74, 6) is 1.11. The maximum Gasteiger partial charge on any atom is 0.166 e. The van der Waals surface area contributed by atoms with E-state index in [1.165, 1.54) is 20.9 Å². The van der Waals surface area contributed by atoms with E-state index in [0.717, 1.165) is 43.6 Å². The predicted molar refractivity (Wildman–Crippen MR) is 111 cm³/mol. The zero-order chi connectivity index (χ0) is 20.9. The summed E-state index contributed by atoms with van der Waals surface area (Å²) in [5, 5.41) is 22.5. The largest absolute Gasteiger partial charge is 0.504 e. The summed E-state index contributed by atoms with van der Waals surface area (Å²) < 4.78 is 11.0. The topological polar surface area (TPSA) is 67.8 Å². The average molecular weight is 401 g/mol. The lowest BCUT2D eigenvalue weighted by atomic mass is 9.82. The third-order valence-corrected chi connectivity index (χ3v) is 6.81. The Bertz CT molecular complexity index is 957. The van der Waals surface area contributed by atoms with Gasteiger partial charge < -0.3 is 29.5 Å². The third-order valence-electron chi connectivity index (χ3n) is 6.81. The molecule has 4 rings (SSSR count). The van der Waals surface area contributed by atoms with Crippen LogP contribution in [0.1, 0.15) is 35.2 Å². The zero-order valence-electron chi connectivity index (χ0n) is 18.0. The molecule has 2 unspecified atom stereocenters. The monoisotopic (exact) mass is 400 g/mol. The van der Waals surface area contributed by atoms with E-state index in [1.807, 2.05) is 12.1 Å². The van der Waals surface area contributed by atoms with E-state index in [1.54, 1.807) is 14.2 Å². The summed E-state index contributed by atoms with van der Waals surface area (Å²) in [6.45, 7) is 5.04. The van der Waals surface area contributed by atoms with Crippen LogP contribution in [0.4, 0.5) is 0 Å². The van der Waals surface area contributed by atoms with Gasteiger partial charge >= 0.3 is 0 Å². The molecule has 0 aromatic heterocycles. The van der Waals surface area contributed by atoms with Crippen molar-refractivity contribution in [3.63, 3.8) is 0 Å². The predicted octanol–water partition coefficient (Wildman–Crippen LogP) is 0.485. The molecule has 6 heteroatoms. The van der Waals surface area contributed by atoms with Crippen molar-refractivity contribution in [2.75, 3.05) is 41.4 Å². The van der Waals surface area contributed by atoms with Gasteiger partial charge in [0.2, 0.25) is 0 Å². The van der Waals surface area contributed by atoms with Gasteiger partial charge in [-0.3, -0.25) is 0 Å². The van der Waals surface area contributed by atoms with Crippen LogP contribution in [0.25, 0.3) is 11.1 Å². The maximum atomic E-state index is 11.3. The minimum atomic E-state index is 0.0989. The van der Waals surface area contributed by atoms with Crippen LogP contribution in [0.15, 0.2) is 12.1 Å². The van der Waals surface area contributed by atoms with Gasteiger partial charge in [-0.2, -0.15) is 0 Å². The zero-order valence-corrected chi connectivity index (χ0v) is 18.0. The molecule has 0 spiro atoms. The van der Waals surface area contributed by atoms with Gasteiger partial charge in [-0.25, -0.2) is 0 Å². The van der Waals surface area contributed by atoms with E-state index >= 15 is 0 Å². The molecule has 6 nitrogen and oxygen atoms in total. The first-order valence-corrected chi connectivity index (χ1v) is 10.4. The van der Waals surface area contributed by atoms with E-state index in [-0.39, 0.29) is 17.5 Å². The lowest BCUT2D eigenvalue weighted by Crippen LogP contribution is -3.10. The van der Waals surface area contributed by atoms with Crippen LogP contribution >= 0.6 is 0 Å². The molecule has 0 saturated carbocycles. The summed E-state index contributed by atoms with van der Waals surface area (Å²) in [4.78, 5) is 2.78. The van der Waals surface area contributed by atoms with E-state index in [9.17, 15) is 10.2 Å². The molecule has 29 heavy (non-hydrogen) atoms. The van der Waals surface area contributed by atoms with Crippen LogP contribution in [-0.2, 0) is 19.4 Å². The highest BCUT2D eigenvalue weighted by Crippen LogP contribution is 2.51. The van der Waals surface area contributed by atoms with Crippen LogP contribution in [0.5, 0.6) is 23.0 Å². The number of benzene rings is 2. The quantitative estimate of drug-likeness (QED) is 0.605. The van der Waals surface area contributed by atoms with Crippen molar-refractivity contribution in [3.05, 3.63) is 34.4 Å². The van der Waals surface area contributed by atoms with Crippen LogP contribution in [0, 0.1) is 0 Å². The Hall–Kier alpha value is -2.44. The van der Waals surface area contributed by atoms with Crippen molar-refractivity contribution in [1.29, 1.82) is 0 Å².